The molecule has 5 heteroatoms. The van der Waals surface area contributed by atoms with Crippen LogP contribution in [0.3, 0.4) is 0 Å². The van der Waals surface area contributed by atoms with Crippen LogP contribution < -0.4 is 0 Å². The highest BCUT2D eigenvalue weighted by Gasteiger charge is 2.29. The summed E-state index contributed by atoms with van der Waals surface area (Å²) in [6.07, 6.45) is -2.98. The quantitative estimate of drug-likeness (QED) is 0.645. The van der Waals surface area contributed by atoms with E-state index in [1.807, 2.05) is 0 Å². The summed E-state index contributed by atoms with van der Waals surface area (Å²) in [7, 11) is 0. The molecule has 0 aliphatic rings. The van der Waals surface area contributed by atoms with E-state index in [1.54, 1.807) is 18.2 Å². The fourth-order valence-electron chi connectivity index (χ4n) is 1.89. The first kappa shape index (κ1) is 11.8. The largest absolute Gasteiger partial charge is 0.443 e. The van der Waals surface area contributed by atoms with Gasteiger partial charge in [0.2, 0.25) is 0 Å². The minimum absolute atomic E-state index is 0.649. The van der Waals surface area contributed by atoms with E-state index in [1.165, 1.54) is 18.5 Å². The van der Waals surface area contributed by atoms with E-state index in [0.717, 1.165) is 17.7 Å². The van der Waals surface area contributed by atoms with Crippen molar-refractivity contribution in [2.75, 3.05) is 0 Å². The molecule has 96 valence electrons. The number of aromatic nitrogens is 1. The zero-order valence-corrected chi connectivity index (χ0v) is 9.61. The molecular formula is C14H8F3NO. The molecule has 0 N–H and O–H groups in total. The maximum Gasteiger partial charge on any atom is 0.416 e. The molecule has 3 aromatic rings. The standard InChI is InChI=1S/C14H8F3NO/c15-14(16,17)11-4-1-9(2-5-11)10-3-6-13-12(7-10)18-8-19-13/h1-8H. The van der Waals surface area contributed by atoms with Gasteiger partial charge in [-0.2, -0.15) is 13.2 Å². The fourth-order valence-corrected chi connectivity index (χ4v) is 1.89. The minimum atomic E-state index is -4.31. The predicted octanol–water partition coefficient (Wildman–Crippen LogP) is 4.51. The van der Waals surface area contributed by atoms with Crippen molar-refractivity contribution in [2.24, 2.45) is 0 Å². The summed E-state index contributed by atoms with van der Waals surface area (Å²) in [5.74, 6) is 0. The molecule has 0 radical (unpaired) electrons. The Morgan fingerprint density at radius 3 is 2.26 bits per heavy atom. The third kappa shape index (κ3) is 2.19. The maximum absolute atomic E-state index is 12.5. The first-order valence-corrected chi connectivity index (χ1v) is 5.55. The Morgan fingerprint density at radius 1 is 0.895 bits per heavy atom. The number of halogens is 3. The highest BCUT2D eigenvalue weighted by atomic mass is 19.4. The van der Waals surface area contributed by atoms with E-state index in [4.69, 9.17) is 4.42 Å². The number of rotatable bonds is 1. The van der Waals surface area contributed by atoms with Crippen molar-refractivity contribution in [3.63, 3.8) is 0 Å². The molecule has 3 rings (SSSR count). The number of alkyl halides is 3. The summed E-state index contributed by atoms with van der Waals surface area (Å²) >= 11 is 0. The van der Waals surface area contributed by atoms with Crippen LogP contribution in [0.2, 0.25) is 0 Å². The number of hydrogen-bond donors (Lipinski definition) is 0. The molecule has 1 aromatic heterocycles. The Labute approximate surface area is 106 Å². The van der Waals surface area contributed by atoms with Crippen molar-refractivity contribution in [2.45, 2.75) is 6.18 Å². The summed E-state index contributed by atoms with van der Waals surface area (Å²) in [5, 5.41) is 0. The smallest absolute Gasteiger partial charge is 0.416 e. The summed E-state index contributed by atoms with van der Waals surface area (Å²) < 4.78 is 42.5. The Morgan fingerprint density at radius 2 is 1.58 bits per heavy atom. The van der Waals surface area contributed by atoms with Gasteiger partial charge in [-0.3, -0.25) is 0 Å². The second-order valence-corrected chi connectivity index (χ2v) is 4.11. The van der Waals surface area contributed by atoms with Crippen LogP contribution in [0.5, 0.6) is 0 Å². The number of hydrogen-bond acceptors (Lipinski definition) is 2. The van der Waals surface area contributed by atoms with Crippen LogP contribution in [0, 0.1) is 0 Å². The van der Waals surface area contributed by atoms with Crippen LogP contribution in [0.4, 0.5) is 13.2 Å². The summed E-state index contributed by atoms with van der Waals surface area (Å²) in [5.41, 5.74) is 2.18. The molecule has 0 atom stereocenters. The number of nitrogens with zero attached hydrogens (tertiary/aromatic N) is 1. The van der Waals surface area contributed by atoms with E-state index >= 15 is 0 Å². The van der Waals surface area contributed by atoms with Crippen LogP contribution >= 0.6 is 0 Å². The lowest BCUT2D eigenvalue weighted by molar-refractivity contribution is -0.137. The van der Waals surface area contributed by atoms with Gasteiger partial charge in [0.05, 0.1) is 5.56 Å². The third-order valence-corrected chi connectivity index (χ3v) is 2.88. The second-order valence-electron chi connectivity index (χ2n) is 4.11. The molecule has 0 aliphatic heterocycles. The van der Waals surface area contributed by atoms with Crippen molar-refractivity contribution in [1.29, 1.82) is 0 Å². The average molecular weight is 263 g/mol. The fraction of sp³-hybridized carbons (Fsp3) is 0.0714. The normalized spacial score (nSPS) is 11.9. The predicted molar refractivity (Wildman–Crippen MR) is 64.4 cm³/mol. The third-order valence-electron chi connectivity index (χ3n) is 2.88. The lowest BCUT2D eigenvalue weighted by Crippen LogP contribution is -2.03. The van der Waals surface area contributed by atoms with Gasteiger partial charge in [0.15, 0.2) is 12.0 Å². The van der Waals surface area contributed by atoms with Crippen LogP contribution in [0.15, 0.2) is 53.3 Å². The van der Waals surface area contributed by atoms with Crippen molar-refractivity contribution < 1.29 is 17.6 Å². The molecule has 0 fully saturated rings. The van der Waals surface area contributed by atoms with Crippen molar-refractivity contribution in [3.05, 3.63) is 54.4 Å². The van der Waals surface area contributed by atoms with Gasteiger partial charge in [0.25, 0.3) is 0 Å². The molecule has 0 amide bonds. The van der Waals surface area contributed by atoms with Gasteiger partial charge in [-0.05, 0) is 35.4 Å². The molecule has 0 saturated carbocycles. The van der Waals surface area contributed by atoms with Crippen LogP contribution in [0.25, 0.3) is 22.2 Å². The Kier molecular flexibility index (Phi) is 2.55. The molecule has 0 spiro atoms. The molecular weight excluding hydrogens is 255 g/mol. The van der Waals surface area contributed by atoms with Gasteiger partial charge >= 0.3 is 6.18 Å². The van der Waals surface area contributed by atoms with E-state index < -0.39 is 11.7 Å². The molecule has 0 bridgehead atoms. The Balaban J connectivity index is 2.01. The van der Waals surface area contributed by atoms with Gasteiger partial charge in [-0.1, -0.05) is 18.2 Å². The molecule has 2 nitrogen and oxygen atoms in total. The lowest BCUT2D eigenvalue weighted by atomic mass is 10.0. The molecule has 0 unspecified atom stereocenters. The molecule has 1 heterocycles. The highest BCUT2D eigenvalue weighted by molar-refractivity contribution is 5.80. The monoisotopic (exact) mass is 263 g/mol. The van der Waals surface area contributed by atoms with E-state index in [-0.39, 0.29) is 0 Å². The zero-order valence-electron chi connectivity index (χ0n) is 9.61. The maximum atomic E-state index is 12.5. The molecule has 19 heavy (non-hydrogen) atoms. The van der Waals surface area contributed by atoms with Gasteiger partial charge in [-0.25, -0.2) is 4.98 Å². The zero-order chi connectivity index (χ0) is 13.5. The van der Waals surface area contributed by atoms with Gasteiger partial charge < -0.3 is 4.42 Å². The minimum Gasteiger partial charge on any atom is -0.443 e. The second kappa shape index (κ2) is 4.12. The van der Waals surface area contributed by atoms with Gasteiger partial charge in [-0.15, -0.1) is 0 Å². The first-order valence-electron chi connectivity index (χ1n) is 5.55. The van der Waals surface area contributed by atoms with Gasteiger partial charge in [0, 0.05) is 0 Å². The highest BCUT2D eigenvalue weighted by Crippen LogP contribution is 2.31. The first-order chi connectivity index (χ1) is 9.04. The van der Waals surface area contributed by atoms with Crippen LogP contribution in [-0.2, 0) is 6.18 Å². The topological polar surface area (TPSA) is 26.0 Å². The SMILES string of the molecule is FC(F)(F)c1ccc(-c2ccc3ocnc3c2)cc1. The number of fused-ring (bicyclic) bond motifs is 1. The number of benzene rings is 2. The van der Waals surface area contributed by atoms with Crippen molar-refractivity contribution >= 4 is 11.1 Å². The summed E-state index contributed by atoms with van der Waals surface area (Å²) in [6, 6.07) is 10.4. The summed E-state index contributed by atoms with van der Waals surface area (Å²) in [4.78, 5) is 4.02. The van der Waals surface area contributed by atoms with Gasteiger partial charge in [0.1, 0.15) is 5.52 Å². The van der Waals surface area contributed by atoms with E-state index in [9.17, 15) is 13.2 Å². The van der Waals surface area contributed by atoms with Crippen molar-refractivity contribution in [1.82, 2.24) is 4.98 Å². The Bertz CT molecular complexity index is 713. The van der Waals surface area contributed by atoms with Crippen LogP contribution in [-0.4, -0.2) is 4.98 Å². The van der Waals surface area contributed by atoms with Crippen LogP contribution in [0.1, 0.15) is 5.56 Å². The van der Waals surface area contributed by atoms with E-state index in [2.05, 4.69) is 4.98 Å². The lowest BCUT2D eigenvalue weighted by Gasteiger charge is -2.07. The van der Waals surface area contributed by atoms with E-state index in [0.29, 0.717) is 16.7 Å². The van der Waals surface area contributed by atoms with Crippen molar-refractivity contribution in [3.8, 4) is 11.1 Å². The average Bonchev–Trinajstić information content (AvgIpc) is 2.85. The Hall–Kier alpha value is -2.30. The molecule has 2 aromatic carbocycles. The summed E-state index contributed by atoms with van der Waals surface area (Å²) in [6.45, 7) is 0. The molecule has 0 saturated heterocycles. The molecule has 0 aliphatic carbocycles. The number of oxazole rings is 1.